The maximum Gasteiger partial charge on any atom is 0.258 e. The van der Waals surface area contributed by atoms with E-state index in [1.54, 1.807) is 53.4 Å². The first kappa shape index (κ1) is 19.8. The van der Waals surface area contributed by atoms with Crippen molar-refractivity contribution < 1.29 is 13.2 Å². The Morgan fingerprint density at radius 2 is 1.89 bits per heavy atom. The summed E-state index contributed by atoms with van der Waals surface area (Å²) in [6, 6.07) is 13.6. The van der Waals surface area contributed by atoms with Gasteiger partial charge in [-0.3, -0.25) is 9.59 Å². The Bertz CT molecular complexity index is 1190. The van der Waals surface area contributed by atoms with E-state index < -0.39 is 9.84 Å². The van der Waals surface area contributed by atoms with Crippen LogP contribution >= 0.6 is 0 Å². The van der Waals surface area contributed by atoms with Gasteiger partial charge in [0.1, 0.15) is 5.82 Å². The van der Waals surface area contributed by atoms with Gasteiger partial charge >= 0.3 is 0 Å². The van der Waals surface area contributed by atoms with Crippen molar-refractivity contribution in [2.24, 2.45) is 0 Å². The lowest BCUT2D eigenvalue weighted by atomic mass is 10.1. The highest BCUT2D eigenvalue weighted by molar-refractivity contribution is 7.89. The number of para-hydroxylation sites is 1. The summed E-state index contributed by atoms with van der Waals surface area (Å²) in [7, 11) is -3.19. The Morgan fingerprint density at radius 1 is 1.14 bits per heavy atom. The molecule has 1 aromatic heterocycles. The minimum absolute atomic E-state index is 0.125. The third kappa shape index (κ3) is 4.64. The van der Waals surface area contributed by atoms with Gasteiger partial charge in [-0.25, -0.2) is 13.4 Å². The number of benzene rings is 2. The summed E-state index contributed by atoms with van der Waals surface area (Å²) in [5, 5.41) is 0.495. The third-order valence-corrected chi connectivity index (χ3v) is 5.13. The molecular formula is C20H21N3O4S. The van der Waals surface area contributed by atoms with Gasteiger partial charge in [0.05, 0.1) is 23.2 Å². The highest BCUT2D eigenvalue weighted by atomic mass is 32.2. The van der Waals surface area contributed by atoms with Crippen LogP contribution in [0.4, 0.5) is 0 Å². The van der Waals surface area contributed by atoms with Crippen LogP contribution in [0.5, 0.6) is 0 Å². The molecule has 8 heteroatoms. The summed E-state index contributed by atoms with van der Waals surface area (Å²) < 4.78 is 23.0. The van der Waals surface area contributed by atoms with Crippen molar-refractivity contribution in [3.05, 3.63) is 75.8 Å². The summed E-state index contributed by atoms with van der Waals surface area (Å²) >= 11 is 0. The number of carbonyl (C=O) groups excluding carboxylic acids is 1. The van der Waals surface area contributed by atoms with Gasteiger partial charge in [-0.05, 0) is 36.8 Å². The highest BCUT2D eigenvalue weighted by Gasteiger charge is 2.17. The molecule has 0 atom stereocenters. The molecule has 0 aliphatic rings. The van der Waals surface area contributed by atoms with Gasteiger partial charge in [0.15, 0.2) is 9.84 Å². The summed E-state index contributed by atoms with van der Waals surface area (Å²) in [4.78, 5) is 33.8. The molecule has 0 aliphatic carbocycles. The van der Waals surface area contributed by atoms with E-state index >= 15 is 0 Å². The number of H-pyrrole nitrogens is 1. The van der Waals surface area contributed by atoms with E-state index in [1.165, 1.54) is 0 Å². The first-order valence-corrected chi connectivity index (χ1v) is 10.9. The maximum absolute atomic E-state index is 12.9. The fourth-order valence-electron chi connectivity index (χ4n) is 3.00. The van der Waals surface area contributed by atoms with Crippen molar-refractivity contribution in [3.8, 4) is 0 Å². The van der Waals surface area contributed by atoms with E-state index in [2.05, 4.69) is 9.97 Å². The zero-order valence-corrected chi connectivity index (χ0v) is 16.5. The Labute approximate surface area is 163 Å². The van der Waals surface area contributed by atoms with Crippen LogP contribution in [0.2, 0.25) is 0 Å². The minimum atomic E-state index is -3.19. The Hall–Kier alpha value is -3.00. The molecule has 0 fully saturated rings. The number of sulfone groups is 1. The number of fused-ring (bicyclic) bond motifs is 1. The molecule has 0 radical (unpaired) electrons. The predicted octanol–water partition coefficient (Wildman–Crippen LogP) is 2.13. The number of rotatable bonds is 6. The number of carbonyl (C=O) groups is 1. The van der Waals surface area contributed by atoms with E-state index in [9.17, 15) is 18.0 Å². The van der Waals surface area contributed by atoms with Crippen LogP contribution in [0.1, 0.15) is 28.7 Å². The first-order valence-electron chi connectivity index (χ1n) is 8.80. The van der Waals surface area contributed by atoms with Crippen LogP contribution < -0.4 is 5.56 Å². The van der Waals surface area contributed by atoms with Gasteiger partial charge in [-0.15, -0.1) is 0 Å². The molecule has 0 bridgehead atoms. The average Bonchev–Trinajstić information content (AvgIpc) is 2.64. The number of hydrogen-bond acceptors (Lipinski definition) is 5. The van der Waals surface area contributed by atoms with Crippen LogP contribution in [0.25, 0.3) is 10.9 Å². The van der Waals surface area contributed by atoms with E-state index in [-0.39, 0.29) is 23.8 Å². The Balaban J connectivity index is 1.87. The summed E-state index contributed by atoms with van der Waals surface area (Å²) in [6.45, 7) is 2.38. The molecule has 0 spiro atoms. The zero-order chi connectivity index (χ0) is 20.3. The third-order valence-electron chi connectivity index (χ3n) is 4.27. The lowest BCUT2D eigenvalue weighted by Crippen LogP contribution is -2.32. The monoisotopic (exact) mass is 399 g/mol. The molecule has 0 unspecified atom stereocenters. The van der Waals surface area contributed by atoms with Crippen molar-refractivity contribution in [1.29, 1.82) is 0 Å². The van der Waals surface area contributed by atoms with Gasteiger partial charge in [0.25, 0.3) is 11.5 Å². The largest absolute Gasteiger partial charge is 0.331 e. The molecular weight excluding hydrogens is 378 g/mol. The molecule has 0 saturated carbocycles. The normalized spacial score (nSPS) is 11.5. The van der Waals surface area contributed by atoms with Gasteiger partial charge in [-0.1, -0.05) is 24.3 Å². The molecule has 2 aromatic carbocycles. The number of hydrogen-bond donors (Lipinski definition) is 1. The first-order chi connectivity index (χ1) is 13.3. The zero-order valence-electron chi connectivity index (χ0n) is 15.7. The standard InChI is InChI=1S/C20H21N3O4S/c1-3-23(12-18-21-17-10-5-4-9-16(17)19(24)22-18)20(25)15-8-6-7-14(11-15)13-28(2,26)27/h4-11H,3,12-13H2,1-2H3,(H,21,22,24). The van der Waals surface area contributed by atoms with Gasteiger partial charge < -0.3 is 9.88 Å². The fourth-order valence-corrected chi connectivity index (χ4v) is 3.78. The molecule has 0 aliphatic heterocycles. The molecule has 1 N–H and O–H groups in total. The number of amides is 1. The highest BCUT2D eigenvalue weighted by Crippen LogP contribution is 2.13. The predicted molar refractivity (Wildman–Crippen MR) is 108 cm³/mol. The maximum atomic E-state index is 12.9. The van der Waals surface area contributed by atoms with Crippen LogP contribution in [0, 0.1) is 0 Å². The second-order valence-electron chi connectivity index (χ2n) is 6.62. The SMILES string of the molecule is CCN(Cc1nc2ccccc2c(=O)[nH]1)C(=O)c1cccc(CS(C)(=O)=O)c1. The summed E-state index contributed by atoms with van der Waals surface area (Å²) in [6.07, 6.45) is 1.15. The van der Waals surface area contributed by atoms with E-state index in [0.717, 1.165) is 6.26 Å². The van der Waals surface area contributed by atoms with E-state index in [0.29, 0.717) is 34.4 Å². The average molecular weight is 399 g/mol. The van der Waals surface area contributed by atoms with Crippen molar-refractivity contribution in [1.82, 2.24) is 14.9 Å². The molecule has 0 saturated heterocycles. The molecule has 28 heavy (non-hydrogen) atoms. The molecule has 3 rings (SSSR count). The van der Waals surface area contributed by atoms with Gasteiger partial charge in [0.2, 0.25) is 0 Å². The summed E-state index contributed by atoms with van der Waals surface area (Å²) in [5.74, 6) is 0.0135. The minimum Gasteiger partial charge on any atom is -0.331 e. The smallest absolute Gasteiger partial charge is 0.258 e. The van der Waals surface area contributed by atoms with Crippen molar-refractivity contribution >= 4 is 26.6 Å². The molecule has 1 heterocycles. The quantitative estimate of drug-likeness (QED) is 0.684. The van der Waals surface area contributed by atoms with Crippen LogP contribution in [-0.2, 0) is 22.1 Å². The number of nitrogens with zero attached hydrogens (tertiary/aromatic N) is 2. The van der Waals surface area contributed by atoms with Crippen molar-refractivity contribution in [3.63, 3.8) is 0 Å². The fraction of sp³-hybridized carbons (Fsp3) is 0.250. The Kier molecular flexibility index (Phi) is 5.60. The molecule has 7 nitrogen and oxygen atoms in total. The number of aromatic amines is 1. The number of nitrogens with one attached hydrogen (secondary N) is 1. The summed E-state index contributed by atoms with van der Waals surface area (Å²) in [5.41, 5.74) is 1.27. The number of aromatic nitrogens is 2. The molecule has 146 valence electrons. The van der Waals surface area contributed by atoms with E-state index in [1.807, 2.05) is 6.92 Å². The van der Waals surface area contributed by atoms with Crippen LogP contribution in [0.15, 0.2) is 53.3 Å². The second-order valence-corrected chi connectivity index (χ2v) is 8.76. The molecule has 1 amide bonds. The van der Waals surface area contributed by atoms with Gasteiger partial charge in [-0.2, -0.15) is 0 Å². The van der Waals surface area contributed by atoms with Crippen LogP contribution in [-0.4, -0.2) is 42.0 Å². The van der Waals surface area contributed by atoms with Crippen molar-refractivity contribution in [2.45, 2.75) is 19.2 Å². The van der Waals surface area contributed by atoms with Crippen LogP contribution in [0.3, 0.4) is 0 Å². The molecule has 3 aromatic rings. The topological polar surface area (TPSA) is 100 Å². The van der Waals surface area contributed by atoms with Gasteiger partial charge in [0, 0.05) is 18.4 Å². The second kappa shape index (κ2) is 7.93. The lowest BCUT2D eigenvalue weighted by Gasteiger charge is -2.20. The Morgan fingerprint density at radius 3 is 2.61 bits per heavy atom. The van der Waals surface area contributed by atoms with Crippen molar-refractivity contribution in [2.75, 3.05) is 12.8 Å². The lowest BCUT2D eigenvalue weighted by molar-refractivity contribution is 0.0748. The van der Waals surface area contributed by atoms with E-state index in [4.69, 9.17) is 0 Å².